The fraction of sp³-hybridized carbons (Fsp3) is 0.385. The van der Waals surface area contributed by atoms with Crippen LogP contribution >= 0.6 is 0 Å². The number of carbonyl (C=O) groups excluding carboxylic acids is 1. The van der Waals surface area contributed by atoms with Gasteiger partial charge in [-0.3, -0.25) is 4.79 Å². The van der Waals surface area contributed by atoms with Gasteiger partial charge in [0.2, 0.25) is 0 Å². The van der Waals surface area contributed by atoms with Crippen LogP contribution in [0.1, 0.15) is 6.42 Å². The molecule has 2 rings (SSSR count). The molecule has 1 aliphatic rings. The van der Waals surface area contributed by atoms with Crippen LogP contribution in [0, 0.1) is 11.3 Å². The van der Waals surface area contributed by atoms with Gasteiger partial charge < -0.3 is 14.5 Å². The second-order valence-corrected chi connectivity index (χ2v) is 4.22. The van der Waals surface area contributed by atoms with E-state index >= 15 is 0 Å². The number of nitrogens with zero attached hydrogens (tertiary/aromatic N) is 3. The molecule has 1 heterocycles. The molecule has 0 N–H and O–H groups in total. The number of hydrogen-bond donors (Lipinski definition) is 0. The summed E-state index contributed by atoms with van der Waals surface area (Å²) in [6, 6.07) is 7.81. The Hall–Kier alpha value is -2.22. The molecule has 1 amide bonds. The molecular weight excluding hydrogens is 230 g/mol. The topological polar surface area (TPSA) is 56.6 Å². The molecule has 94 valence electrons. The molecule has 0 aromatic heterocycles. The summed E-state index contributed by atoms with van der Waals surface area (Å²) in [5.41, 5.74) is 1.74. The van der Waals surface area contributed by atoms with E-state index in [2.05, 4.69) is 6.07 Å². The van der Waals surface area contributed by atoms with Gasteiger partial charge in [0.1, 0.15) is 5.75 Å². The zero-order valence-electron chi connectivity index (χ0n) is 10.5. The molecule has 0 saturated heterocycles. The predicted molar refractivity (Wildman–Crippen MR) is 68.8 cm³/mol. The van der Waals surface area contributed by atoms with Crippen LogP contribution in [0.25, 0.3) is 0 Å². The maximum atomic E-state index is 11.6. The maximum absolute atomic E-state index is 11.6. The average molecular weight is 245 g/mol. The minimum Gasteiger partial charge on any atom is -0.482 e. The van der Waals surface area contributed by atoms with E-state index in [0.717, 1.165) is 17.1 Å². The Morgan fingerprint density at radius 1 is 1.56 bits per heavy atom. The van der Waals surface area contributed by atoms with Gasteiger partial charge in [0.05, 0.1) is 18.2 Å². The van der Waals surface area contributed by atoms with Crippen molar-refractivity contribution in [2.75, 3.05) is 37.0 Å². The van der Waals surface area contributed by atoms with Gasteiger partial charge in [-0.25, -0.2) is 0 Å². The fourth-order valence-corrected chi connectivity index (χ4v) is 1.84. The van der Waals surface area contributed by atoms with E-state index in [-0.39, 0.29) is 12.5 Å². The van der Waals surface area contributed by atoms with E-state index in [1.165, 1.54) is 0 Å². The summed E-state index contributed by atoms with van der Waals surface area (Å²) in [6.07, 6.45) is 0.471. The van der Waals surface area contributed by atoms with Gasteiger partial charge in [-0.05, 0) is 18.2 Å². The van der Waals surface area contributed by atoms with Crippen LogP contribution in [-0.2, 0) is 4.79 Å². The minimum absolute atomic E-state index is 0.0562. The summed E-state index contributed by atoms with van der Waals surface area (Å²) in [7, 11) is 3.66. The Kier molecular flexibility index (Phi) is 3.38. The lowest BCUT2D eigenvalue weighted by molar-refractivity contribution is -0.120. The van der Waals surface area contributed by atoms with Crippen molar-refractivity contribution in [2.24, 2.45) is 0 Å². The van der Waals surface area contributed by atoms with Gasteiger partial charge in [-0.15, -0.1) is 0 Å². The van der Waals surface area contributed by atoms with Crippen LogP contribution < -0.4 is 14.5 Å². The van der Waals surface area contributed by atoms with Gasteiger partial charge in [0.15, 0.2) is 6.61 Å². The highest BCUT2D eigenvalue weighted by atomic mass is 16.5. The normalized spacial score (nSPS) is 13.6. The Bertz CT molecular complexity index is 507. The molecule has 0 atom stereocenters. The molecule has 1 aromatic rings. The van der Waals surface area contributed by atoms with Crippen LogP contribution in [0.3, 0.4) is 0 Å². The maximum Gasteiger partial charge on any atom is 0.264 e. The molecule has 0 saturated carbocycles. The summed E-state index contributed by atoms with van der Waals surface area (Å²) < 4.78 is 5.36. The van der Waals surface area contributed by atoms with Crippen molar-refractivity contribution < 1.29 is 9.53 Å². The number of nitriles is 1. The third kappa shape index (κ3) is 2.23. The SMILES string of the molecule is CN(CCC#N)c1ccc2c(c1)N(C)C(=O)CO2. The van der Waals surface area contributed by atoms with Crippen molar-refractivity contribution in [1.82, 2.24) is 0 Å². The molecule has 0 spiro atoms. The summed E-state index contributed by atoms with van der Waals surface area (Å²) in [5, 5.41) is 8.58. The lowest BCUT2D eigenvalue weighted by Crippen LogP contribution is -2.35. The van der Waals surface area contributed by atoms with E-state index in [9.17, 15) is 4.79 Å². The second-order valence-electron chi connectivity index (χ2n) is 4.22. The van der Waals surface area contributed by atoms with E-state index < -0.39 is 0 Å². The number of amides is 1. The quantitative estimate of drug-likeness (QED) is 0.807. The molecule has 0 bridgehead atoms. The van der Waals surface area contributed by atoms with Gasteiger partial charge >= 0.3 is 0 Å². The highest BCUT2D eigenvalue weighted by Crippen LogP contribution is 2.34. The Morgan fingerprint density at radius 2 is 2.33 bits per heavy atom. The first kappa shape index (κ1) is 12.2. The van der Waals surface area contributed by atoms with Gasteiger partial charge in [0.25, 0.3) is 5.91 Å². The number of benzene rings is 1. The van der Waals surface area contributed by atoms with Crippen LogP contribution in [0.15, 0.2) is 18.2 Å². The van der Waals surface area contributed by atoms with E-state index in [1.807, 2.05) is 30.1 Å². The zero-order chi connectivity index (χ0) is 13.1. The number of ether oxygens (including phenoxy) is 1. The molecule has 18 heavy (non-hydrogen) atoms. The third-order valence-corrected chi connectivity index (χ3v) is 3.03. The number of carbonyl (C=O) groups is 1. The molecule has 0 aliphatic carbocycles. The summed E-state index contributed by atoms with van der Waals surface area (Å²) in [4.78, 5) is 15.1. The van der Waals surface area contributed by atoms with Crippen molar-refractivity contribution in [3.05, 3.63) is 18.2 Å². The van der Waals surface area contributed by atoms with Crippen LogP contribution in [0.5, 0.6) is 5.75 Å². The predicted octanol–water partition coefficient (Wildman–Crippen LogP) is 1.39. The largest absolute Gasteiger partial charge is 0.482 e. The monoisotopic (exact) mass is 245 g/mol. The van der Waals surface area contributed by atoms with Crippen LogP contribution in [0.2, 0.25) is 0 Å². The first-order valence-electron chi connectivity index (χ1n) is 5.75. The molecular formula is C13H15N3O2. The highest BCUT2D eigenvalue weighted by Gasteiger charge is 2.22. The Labute approximate surface area is 106 Å². The molecule has 0 fully saturated rings. The molecule has 5 nitrogen and oxygen atoms in total. The van der Waals surface area contributed by atoms with Crippen molar-refractivity contribution in [3.8, 4) is 11.8 Å². The first-order chi connectivity index (χ1) is 8.63. The molecule has 5 heteroatoms. The Balaban J connectivity index is 2.26. The number of rotatable bonds is 3. The molecule has 0 radical (unpaired) electrons. The van der Waals surface area contributed by atoms with Crippen LogP contribution in [-0.4, -0.2) is 33.2 Å². The lowest BCUT2D eigenvalue weighted by atomic mass is 10.2. The highest BCUT2D eigenvalue weighted by molar-refractivity contribution is 5.97. The van der Waals surface area contributed by atoms with Crippen molar-refractivity contribution >= 4 is 17.3 Å². The van der Waals surface area contributed by atoms with Gasteiger partial charge in [-0.1, -0.05) is 0 Å². The number of fused-ring (bicyclic) bond motifs is 1. The third-order valence-electron chi connectivity index (χ3n) is 3.03. The van der Waals surface area contributed by atoms with E-state index in [0.29, 0.717) is 13.0 Å². The van der Waals surface area contributed by atoms with Crippen LogP contribution in [0.4, 0.5) is 11.4 Å². The molecule has 0 unspecified atom stereocenters. The summed E-state index contributed by atoms with van der Waals surface area (Å²) >= 11 is 0. The number of likely N-dealkylation sites (N-methyl/N-ethyl adjacent to an activating group) is 1. The van der Waals surface area contributed by atoms with E-state index in [4.69, 9.17) is 10.00 Å². The van der Waals surface area contributed by atoms with Crippen molar-refractivity contribution in [2.45, 2.75) is 6.42 Å². The Morgan fingerprint density at radius 3 is 3.06 bits per heavy atom. The standard InChI is InChI=1S/C13H15N3O2/c1-15(7-3-6-14)10-4-5-12-11(8-10)16(2)13(17)9-18-12/h4-5,8H,3,7,9H2,1-2H3. The summed E-state index contributed by atoms with van der Waals surface area (Å²) in [6.45, 7) is 0.751. The fourth-order valence-electron chi connectivity index (χ4n) is 1.84. The second kappa shape index (κ2) is 4.96. The number of hydrogen-bond acceptors (Lipinski definition) is 4. The smallest absolute Gasteiger partial charge is 0.264 e. The van der Waals surface area contributed by atoms with Crippen molar-refractivity contribution in [1.29, 1.82) is 5.26 Å². The molecule has 1 aromatic carbocycles. The molecule has 1 aliphatic heterocycles. The van der Waals surface area contributed by atoms with E-state index in [1.54, 1.807) is 11.9 Å². The van der Waals surface area contributed by atoms with Gasteiger partial charge in [-0.2, -0.15) is 5.26 Å². The van der Waals surface area contributed by atoms with Gasteiger partial charge in [0, 0.05) is 26.3 Å². The zero-order valence-corrected chi connectivity index (χ0v) is 10.5. The minimum atomic E-state index is -0.0562. The van der Waals surface area contributed by atoms with Crippen molar-refractivity contribution in [3.63, 3.8) is 0 Å². The lowest BCUT2D eigenvalue weighted by Gasteiger charge is -2.28. The number of anilines is 2. The first-order valence-corrected chi connectivity index (χ1v) is 5.75. The average Bonchev–Trinajstić information content (AvgIpc) is 2.40. The summed E-state index contributed by atoms with van der Waals surface area (Å²) in [5.74, 6) is 0.661.